The van der Waals surface area contributed by atoms with Crippen molar-refractivity contribution in [3.8, 4) is 0 Å². The van der Waals surface area contributed by atoms with Gasteiger partial charge >= 0.3 is 0 Å². The lowest BCUT2D eigenvalue weighted by Crippen LogP contribution is -2.50. The summed E-state index contributed by atoms with van der Waals surface area (Å²) in [5.74, 6) is 0.0950. The number of rotatable bonds is 2. The van der Waals surface area contributed by atoms with Gasteiger partial charge in [0.05, 0.1) is 0 Å². The maximum Gasteiger partial charge on any atom is 0.185 e. The number of nitrogens with zero attached hydrogens (tertiary/aromatic N) is 1. The molecule has 0 saturated carbocycles. The molecule has 0 radical (unpaired) electrons. The van der Waals surface area contributed by atoms with Crippen molar-refractivity contribution in [1.29, 1.82) is 5.41 Å². The molecule has 0 amide bonds. The molecule has 1 aliphatic rings. The molecule has 4 N–H and O–H groups in total. The minimum atomic E-state index is 0.0950. The topological polar surface area (TPSA) is 65.1 Å². The van der Waals surface area contributed by atoms with Crippen LogP contribution in [-0.2, 0) is 0 Å². The molecule has 1 rings (SSSR count). The molecule has 0 unspecified atom stereocenters. The van der Waals surface area contributed by atoms with Crippen LogP contribution in [0, 0.1) is 10.8 Å². The lowest BCUT2D eigenvalue weighted by Gasteiger charge is -2.36. The minimum absolute atomic E-state index is 0.0950. The molecule has 4 heteroatoms. The monoisotopic (exact) mass is 212 g/mol. The van der Waals surface area contributed by atoms with E-state index < -0.39 is 0 Å². The second kappa shape index (κ2) is 4.84. The largest absolute Gasteiger partial charge is 0.370 e. The summed E-state index contributed by atoms with van der Waals surface area (Å²) in [6, 6.07) is 0.360. The Morgan fingerprint density at radius 1 is 1.53 bits per heavy atom. The molecule has 0 aromatic heterocycles. The summed E-state index contributed by atoms with van der Waals surface area (Å²) >= 11 is 0. The van der Waals surface area contributed by atoms with Crippen LogP contribution in [0.3, 0.4) is 0 Å². The maximum atomic E-state index is 7.22. The summed E-state index contributed by atoms with van der Waals surface area (Å²) < 4.78 is 0. The average molecular weight is 212 g/mol. The summed E-state index contributed by atoms with van der Waals surface area (Å²) in [5, 5.41) is 10.2. The molecule has 4 nitrogen and oxygen atoms in total. The van der Waals surface area contributed by atoms with E-state index in [2.05, 4.69) is 31.0 Å². The Bertz CT molecular complexity index is 219. The van der Waals surface area contributed by atoms with Gasteiger partial charge in [0.1, 0.15) is 0 Å². The van der Waals surface area contributed by atoms with Gasteiger partial charge in [0.2, 0.25) is 0 Å². The highest BCUT2D eigenvalue weighted by Gasteiger charge is 2.23. The number of nitrogens with two attached hydrogens (primary N) is 1. The Kier molecular flexibility index (Phi) is 3.97. The second-order valence-electron chi connectivity index (χ2n) is 5.69. The van der Waals surface area contributed by atoms with Gasteiger partial charge in [0.25, 0.3) is 0 Å². The number of hydrogen-bond acceptors (Lipinski definition) is 2. The summed E-state index contributed by atoms with van der Waals surface area (Å²) in [6.45, 7) is 10.1. The third kappa shape index (κ3) is 5.02. The minimum Gasteiger partial charge on any atom is -0.370 e. The number of likely N-dealkylation sites (tertiary alicyclic amines) is 1. The molecule has 1 fully saturated rings. The quantitative estimate of drug-likeness (QED) is 0.472. The zero-order valence-electron chi connectivity index (χ0n) is 10.1. The molecule has 1 heterocycles. The number of guanidine groups is 1. The first kappa shape index (κ1) is 12.3. The summed E-state index contributed by atoms with van der Waals surface area (Å²) in [6.07, 6.45) is 2.32. The van der Waals surface area contributed by atoms with Crippen molar-refractivity contribution < 1.29 is 0 Å². The van der Waals surface area contributed by atoms with Crippen molar-refractivity contribution in [2.45, 2.75) is 39.7 Å². The highest BCUT2D eigenvalue weighted by Crippen LogP contribution is 2.18. The number of nitrogens with one attached hydrogen (secondary N) is 2. The van der Waals surface area contributed by atoms with Crippen molar-refractivity contribution in [1.82, 2.24) is 10.2 Å². The Labute approximate surface area is 92.7 Å². The molecule has 0 bridgehead atoms. The van der Waals surface area contributed by atoms with Crippen LogP contribution in [0.5, 0.6) is 0 Å². The van der Waals surface area contributed by atoms with Gasteiger partial charge in [-0.1, -0.05) is 20.8 Å². The van der Waals surface area contributed by atoms with E-state index >= 15 is 0 Å². The van der Waals surface area contributed by atoms with E-state index in [0.717, 1.165) is 19.5 Å². The number of piperidine rings is 1. The lowest BCUT2D eigenvalue weighted by atomic mass is 9.94. The zero-order valence-corrected chi connectivity index (χ0v) is 10.1. The van der Waals surface area contributed by atoms with Crippen LogP contribution in [0.1, 0.15) is 33.6 Å². The first-order chi connectivity index (χ1) is 6.87. The standard InChI is InChI=1S/C11H24N4/c1-11(2,3)8-15-6-4-5-9(7-15)14-10(12)13/h9H,4-8H2,1-3H3,(H4,12,13,14)/t9-/m1/s1. The average Bonchev–Trinajstić information content (AvgIpc) is 1.99. The van der Waals surface area contributed by atoms with E-state index in [4.69, 9.17) is 11.1 Å². The van der Waals surface area contributed by atoms with Crippen LogP contribution in [0.25, 0.3) is 0 Å². The number of hydrogen-bond donors (Lipinski definition) is 3. The van der Waals surface area contributed by atoms with Crippen molar-refractivity contribution in [2.24, 2.45) is 11.1 Å². The van der Waals surface area contributed by atoms with Crippen LogP contribution in [-0.4, -0.2) is 36.5 Å². The molecule has 1 aliphatic heterocycles. The van der Waals surface area contributed by atoms with Crippen molar-refractivity contribution >= 4 is 5.96 Å². The molecule has 1 saturated heterocycles. The van der Waals surface area contributed by atoms with E-state index in [-0.39, 0.29) is 5.96 Å². The zero-order chi connectivity index (χ0) is 11.5. The van der Waals surface area contributed by atoms with Gasteiger partial charge in [0, 0.05) is 19.1 Å². The molecular formula is C11H24N4. The normalized spacial score (nSPS) is 23.8. The van der Waals surface area contributed by atoms with Gasteiger partial charge < -0.3 is 16.0 Å². The van der Waals surface area contributed by atoms with Crippen LogP contribution < -0.4 is 11.1 Å². The summed E-state index contributed by atoms with van der Waals surface area (Å²) in [5.41, 5.74) is 5.69. The first-order valence-corrected chi connectivity index (χ1v) is 5.70. The molecule has 15 heavy (non-hydrogen) atoms. The second-order valence-corrected chi connectivity index (χ2v) is 5.69. The molecule has 88 valence electrons. The van der Waals surface area contributed by atoms with Gasteiger partial charge in [-0.15, -0.1) is 0 Å². The molecule has 0 spiro atoms. The van der Waals surface area contributed by atoms with E-state index in [1.807, 2.05) is 0 Å². The van der Waals surface area contributed by atoms with Crippen LogP contribution in [0.15, 0.2) is 0 Å². The summed E-state index contributed by atoms with van der Waals surface area (Å²) in [7, 11) is 0. The molecule has 0 aromatic carbocycles. The van der Waals surface area contributed by atoms with Gasteiger partial charge in [-0.3, -0.25) is 5.41 Å². The Morgan fingerprint density at radius 3 is 2.73 bits per heavy atom. The fourth-order valence-corrected chi connectivity index (χ4v) is 2.21. The SMILES string of the molecule is CC(C)(C)CN1CCC[C@@H](NC(=N)N)C1. The summed E-state index contributed by atoms with van der Waals surface area (Å²) in [4.78, 5) is 2.46. The third-order valence-electron chi connectivity index (χ3n) is 2.56. The smallest absolute Gasteiger partial charge is 0.185 e. The van der Waals surface area contributed by atoms with Crippen molar-refractivity contribution in [3.05, 3.63) is 0 Å². The lowest BCUT2D eigenvalue weighted by molar-refractivity contribution is 0.146. The van der Waals surface area contributed by atoms with Crippen LogP contribution in [0.2, 0.25) is 0 Å². The first-order valence-electron chi connectivity index (χ1n) is 5.70. The predicted molar refractivity (Wildman–Crippen MR) is 64.0 cm³/mol. The predicted octanol–water partition coefficient (Wildman–Crippen LogP) is 0.980. The van der Waals surface area contributed by atoms with Crippen LogP contribution >= 0.6 is 0 Å². The fourth-order valence-electron chi connectivity index (χ4n) is 2.21. The highest BCUT2D eigenvalue weighted by atomic mass is 15.2. The molecular weight excluding hydrogens is 188 g/mol. The van der Waals surface area contributed by atoms with E-state index in [1.54, 1.807) is 0 Å². The fraction of sp³-hybridized carbons (Fsp3) is 0.909. The van der Waals surface area contributed by atoms with Gasteiger partial charge in [-0.25, -0.2) is 0 Å². The van der Waals surface area contributed by atoms with Crippen LogP contribution in [0.4, 0.5) is 0 Å². The Balaban J connectivity index is 2.38. The van der Waals surface area contributed by atoms with Gasteiger partial charge in [0.15, 0.2) is 5.96 Å². The highest BCUT2D eigenvalue weighted by molar-refractivity contribution is 5.74. The van der Waals surface area contributed by atoms with E-state index in [1.165, 1.54) is 13.0 Å². The Morgan fingerprint density at radius 2 is 2.20 bits per heavy atom. The Hall–Kier alpha value is -0.770. The van der Waals surface area contributed by atoms with Gasteiger partial charge in [-0.2, -0.15) is 0 Å². The van der Waals surface area contributed by atoms with E-state index in [9.17, 15) is 0 Å². The van der Waals surface area contributed by atoms with Gasteiger partial charge in [-0.05, 0) is 24.8 Å². The molecule has 0 aliphatic carbocycles. The van der Waals surface area contributed by atoms with Crippen molar-refractivity contribution in [2.75, 3.05) is 19.6 Å². The van der Waals surface area contributed by atoms with Crippen molar-refractivity contribution in [3.63, 3.8) is 0 Å². The molecule has 1 atom stereocenters. The third-order valence-corrected chi connectivity index (χ3v) is 2.56. The maximum absolute atomic E-state index is 7.22. The molecule has 0 aromatic rings. The van der Waals surface area contributed by atoms with E-state index in [0.29, 0.717) is 11.5 Å².